The van der Waals surface area contributed by atoms with Gasteiger partial charge in [-0.1, -0.05) is 90.7 Å². The van der Waals surface area contributed by atoms with Gasteiger partial charge < -0.3 is 10.2 Å². The first-order valence-electron chi connectivity index (χ1n) is 13.5. The van der Waals surface area contributed by atoms with E-state index in [1.165, 1.54) is 11.0 Å². The van der Waals surface area contributed by atoms with E-state index < -0.39 is 28.5 Å². The van der Waals surface area contributed by atoms with Crippen LogP contribution in [0.5, 0.6) is 0 Å². The summed E-state index contributed by atoms with van der Waals surface area (Å²) in [5.41, 5.74) is 3.07. The molecule has 0 radical (unpaired) electrons. The molecule has 0 spiro atoms. The van der Waals surface area contributed by atoms with Crippen LogP contribution >= 0.6 is 11.6 Å². The predicted octanol–water partition coefficient (Wildman–Crippen LogP) is 5.11. The summed E-state index contributed by atoms with van der Waals surface area (Å²) in [7, 11) is -3.84. The highest BCUT2D eigenvalue weighted by Crippen LogP contribution is 2.24. The molecule has 40 heavy (non-hydrogen) atoms. The quantitative estimate of drug-likeness (QED) is 0.341. The van der Waals surface area contributed by atoms with E-state index in [-0.39, 0.29) is 24.2 Å². The number of nitrogens with one attached hydrogen (secondary N) is 1. The van der Waals surface area contributed by atoms with Crippen LogP contribution in [-0.2, 0) is 32.6 Å². The molecular formula is C31H36ClN3O4S. The molecule has 0 bridgehead atoms. The smallest absolute Gasteiger partial charge is 0.244 e. The van der Waals surface area contributed by atoms with Crippen molar-refractivity contribution in [2.75, 3.05) is 17.1 Å². The Morgan fingerprint density at radius 3 is 2.27 bits per heavy atom. The maximum atomic E-state index is 14.1. The van der Waals surface area contributed by atoms with Crippen LogP contribution in [0.2, 0.25) is 5.02 Å². The molecule has 1 unspecified atom stereocenters. The third-order valence-corrected chi connectivity index (χ3v) is 8.56. The standard InChI is InChI=1S/C31H36ClN3O4S/c1-23-10-8-13-25(18-23)21-34(30(36)22-35(40(2,38)39)28-17-9-14-26(32)20-28)29(19-24-11-4-3-5-12-24)31(37)33-27-15-6-7-16-27/h3-5,8-14,17-18,20,27,29H,6-7,15-16,19,21-22H2,1-2H3,(H,33,37). The highest BCUT2D eigenvalue weighted by atomic mass is 35.5. The summed E-state index contributed by atoms with van der Waals surface area (Å²) in [6.45, 7) is 1.66. The highest BCUT2D eigenvalue weighted by Gasteiger charge is 2.34. The lowest BCUT2D eigenvalue weighted by Crippen LogP contribution is -2.54. The van der Waals surface area contributed by atoms with Gasteiger partial charge in [0, 0.05) is 24.0 Å². The van der Waals surface area contributed by atoms with Crippen molar-refractivity contribution >= 4 is 39.1 Å². The summed E-state index contributed by atoms with van der Waals surface area (Å²) in [6.07, 6.45) is 5.29. The van der Waals surface area contributed by atoms with Crippen LogP contribution in [0.15, 0.2) is 78.9 Å². The number of rotatable bonds is 11. The van der Waals surface area contributed by atoms with Crippen LogP contribution in [0.1, 0.15) is 42.4 Å². The van der Waals surface area contributed by atoms with Gasteiger partial charge in [-0.2, -0.15) is 0 Å². The molecule has 1 fully saturated rings. The second-order valence-corrected chi connectivity index (χ2v) is 12.8. The van der Waals surface area contributed by atoms with E-state index in [9.17, 15) is 18.0 Å². The number of aryl methyl sites for hydroxylation is 1. The van der Waals surface area contributed by atoms with Crippen molar-refractivity contribution in [3.8, 4) is 0 Å². The minimum Gasteiger partial charge on any atom is -0.352 e. The van der Waals surface area contributed by atoms with Crippen molar-refractivity contribution in [2.24, 2.45) is 0 Å². The summed E-state index contributed by atoms with van der Waals surface area (Å²) in [4.78, 5) is 29.5. The number of amides is 2. The summed E-state index contributed by atoms with van der Waals surface area (Å²) in [5.74, 6) is -0.708. The monoisotopic (exact) mass is 581 g/mol. The summed E-state index contributed by atoms with van der Waals surface area (Å²) >= 11 is 6.15. The fourth-order valence-corrected chi connectivity index (χ4v) is 6.20. The normalized spacial score (nSPS) is 14.5. The molecule has 0 aromatic heterocycles. The number of sulfonamides is 1. The minimum atomic E-state index is -3.84. The second kappa shape index (κ2) is 13.3. The van der Waals surface area contributed by atoms with E-state index in [0.29, 0.717) is 11.4 Å². The van der Waals surface area contributed by atoms with E-state index in [0.717, 1.165) is 52.9 Å². The van der Waals surface area contributed by atoms with Gasteiger partial charge in [0.05, 0.1) is 11.9 Å². The lowest BCUT2D eigenvalue weighted by atomic mass is 10.0. The molecule has 1 saturated carbocycles. The van der Waals surface area contributed by atoms with Gasteiger partial charge in [-0.05, 0) is 49.1 Å². The lowest BCUT2D eigenvalue weighted by Gasteiger charge is -2.34. The van der Waals surface area contributed by atoms with Crippen molar-refractivity contribution in [3.63, 3.8) is 0 Å². The zero-order valence-electron chi connectivity index (χ0n) is 22.9. The van der Waals surface area contributed by atoms with E-state index in [1.54, 1.807) is 18.2 Å². The van der Waals surface area contributed by atoms with Crippen LogP contribution in [0.4, 0.5) is 5.69 Å². The Kier molecular flexibility index (Phi) is 9.87. The first kappa shape index (κ1) is 29.6. The maximum absolute atomic E-state index is 14.1. The Balaban J connectivity index is 1.72. The van der Waals surface area contributed by atoms with Crippen LogP contribution in [0.25, 0.3) is 0 Å². The van der Waals surface area contributed by atoms with Gasteiger partial charge in [0.2, 0.25) is 21.8 Å². The van der Waals surface area contributed by atoms with Gasteiger partial charge >= 0.3 is 0 Å². The molecule has 212 valence electrons. The number of hydrogen-bond donors (Lipinski definition) is 1. The molecule has 4 rings (SSSR count). The molecule has 3 aromatic carbocycles. The van der Waals surface area contributed by atoms with Gasteiger partial charge in [0.1, 0.15) is 12.6 Å². The van der Waals surface area contributed by atoms with E-state index in [4.69, 9.17) is 11.6 Å². The van der Waals surface area contributed by atoms with Crippen molar-refractivity contribution in [1.29, 1.82) is 0 Å². The zero-order valence-corrected chi connectivity index (χ0v) is 24.5. The van der Waals surface area contributed by atoms with Crippen LogP contribution in [-0.4, -0.2) is 50.0 Å². The fraction of sp³-hybridized carbons (Fsp3) is 0.355. The summed E-state index contributed by atoms with van der Waals surface area (Å²) in [5, 5.41) is 3.53. The highest BCUT2D eigenvalue weighted by molar-refractivity contribution is 7.92. The number of anilines is 1. The van der Waals surface area contributed by atoms with Gasteiger partial charge in [-0.25, -0.2) is 8.42 Å². The number of benzene rings is 3. The maximum Gasteiger partial charge on any atom is 0.244 e. The molecular weight excluding hydrogens is 546 g/mol. The molecule has 7 nitrogen and oxygen atoms in total. The zero-order chi connectivity index (χ0) is 28.7. The van der Waals surface area contributed by atoms with E-state index in [2.05, 4.69) is 5.32 Å². The average molecular weight is 582 g/mol. The number of carbonyl (C=O) groups excluding carboxylic acids is 2. The second-order valence-electron chi connectivity index (χ2n) is 10.5. The van der Waals surface area contributed by atoms with Crippen LogP contribution in [0, 0.1) is 6.92 Å². The van der Waals surface area contributed by atoms with Gasteiger partial charge in [-0.3, -0.25) is 13.9 Å². The Morgan fingerprint density at radius 2 is 1.62 bits per heavy atom. The molecule has 0 aliphatic heterocycles. The van der Waals surface area contributed by atoms with Crippen molar-refractivity contribution in [1.82, 2.24) is 10.2 Å². The van der Waals surface area contributed by atoms with Crippen LogP contribution < -0.4 is 9.62 Å². The molecule has 2 amide bonds. The largest absolute Gasteiger partial charge is 0.352 e. The van der Waals surface area contributed by atoms with Crippen molar-refractivity contribution in [2.45, 2.75) is 57.7 Å². The molecule has 0 heterocycles. The topological polar surface area (TPSA) is 86.8 Å². The van der Waals surface area contributed by atoms with E-state index >= 15 is 0 Å². The number of halogens is 1. The Hall–Kier alpha value is -3.36. The average Bonchev–Trinajstić information content (AvgIpc) is 3.42. The molecule has 1 atom stereocenters. The Labute approximate surface area is 242 Å². The molecule has 0 saturated heterocycles. The summed E-state index contributed by atoms with van der Waals surface area (Å²) < 4.78 is 26.8. The number of nitrogens with zero attached hydrogens (tertiary/aromatic N) is 2. The van der Waals surface area contributed by atoms with E-state index in [1.807, 2.05) is 61.5 Å². The fourth-order valence-electron chi connectivity index (χ4n) is 5.17. The van der Waals surface area contributed by atoms with Crippen molar-refractivity contribution < 1.29 is 18.0 Å². The van der Waals surface area contributed by atoms with Gasteiger partial charge in [0.25, 0.3) is 0 Å². The third-order valence-electron chi connectivity index (χ3n) is 7.18. The third kappa shape index (κ3) is 8.08. The minimum absolute atomic E-state index is 0.0701. The Bertz CT molecular complexity index is 1430. The van der Waals surface area contributed by atoms with Gasteiger partial charge in [-0.15, -0.1) is 0 Å². The summed E-state index contributed by atoms with van der Waals surface area (Å²) in [6, 6.07) is 22.9. The SMILES string of the molecule is Cc1cccc(CN(C(=O)CN(c2cccc(Cl)c2)S(C)(=O)=O)C(Cc2ccccc2)C(=O)NC2CCCC2)c1. The molecule has 1 N–H and O–H groups in total. The predicted molar refractivity (Wildman–Crippen MR) is 160 cm³/mol. The molecule has 1 aliphatic rings. The molecule has 1 aliphatic carbocycles. The van der Waals surface area contributed by atoms with Crippen LogP contribution in [0.3, 0.4) is 0 Å². The first-order chi connectivity index (χ1) is 19.1. The van der Waals surface area contributed by atoms with Gasteiger partial charge in [0.15, 0.2) is 0 Å². The van der Waals surface area contributed by atoms with Crippen molar-refractivity contribution in [3.05, 3.63) is 101 Å². The Morgan fingerprint density at radius 1 is 0.950 bits per heavy atom. The molecule has 9 heteroatoms. The molecule has 3 aromatic rings. The number of hydrogen-bond acceptors (Lipinski definition) is 4. The number of carbonyl (C=O) groups is 2. The first-order valence-corrected chi connectivity index (χ1v) is 15.8. The lowest BCUT2D eigenvalue weighted by molar-refractivity contribution is -0.140.